The van der Waals surface area contributed by atoms with Crippen LogP contribution in [0.4, 0.5) is 0 Å². The van der Waals surface area contributed by atoms with Crippen LogP contribution in [0.1, 0.15) is 38.3 Å². The number of carbonyl (C=O) groups is 1. The van der Waals surface area contributed by atoms with Crippen molar-refractivity contribution in [3.8, 4) is 11.5 Å². The van der Waals surface area contributed by atoms with Gasteiger partial charge in [-0.05, 0) is 65.0 Å². The molecule has 0 spiro atoms. The Hall–Kier alpha value is -1.47. The summed E-state index contributed by atoms with van der Waals surface area (Å²) in [6, 6.07) is 8.41. The second-order valence-corrected chi connectivity index (χ2v) is 8.90. The highest BCUT2D eigenvalue weighted by atomic mass is 79.9. The number of carboxylic acid groups (broad SMARTS) is 1. The molecular formula is C22H26BrCl2NO4. The zero-order chi connectivity index (χ0) is 22.3. The lowest BCUT2D eigenvalue weighted by molar-refractivity contribution is -0.140. The van der Waals surface area contributed by atoms with Gasteiger partial charge in [0.05, 0.1) is 11.1 Å². The summed E-state index contributed by atoms with van der Waals surface area (Å²) in [5.74, 6) is 0.511. The Morgan fingerprint density at radius 2 is 1.87 bits per heavy atom. The van der Waals surface area contributed by atoms with Gasteiger partial charge >= 0.3 is 5.97 Å². The number of benzene rings is 2. The Balaban J connectivity index is 2.19. The van der Waals surface area contributed by atoms with Crippen LogP contribution in [0.5, 0.6) is 11.5 Å². The first-order valence-corrected chi connectivity index (χ1v) is 11.2. The maximum absolute atomic E-state index is 11.5. The van der Waals surface area contributed by atoms with Crippen molar-refractivity contribution in [2.24, 2.45) is 5.92 Å². The lowest BCUT2D eigenvalue weighted by atomic mass is 10.0. The van der Waals surface area contributed by atoms with Crippen molar-refractivity contribution >= 4 is 45.1 Å². The van der Waals surface area contributed by atoms with Gasteiger partial charge < -0.3 is 19.9 Å². The highest BCUT2D eigenvalue weighted by Crippen LogP contribution is 2.38. The van der Waals surface area contributed by atoms with E-state index in [1.54, 1.807) is 18.2 Å². The minimum Gasteiger partial charge on any atom is -0.490 e. The van der Waals surface area contributed by atoms with E-state index in [9.17, 15) is 9.90 Å². The van der Waals surface area contributed by atoms with Gasteiger partial charge in [0.25, 0.3) is 0 Å². The van der Waals surface area contributed by atoms with Crippen LogP contribution in [0.15, 0.2) is 34.8 Å². The molecule has 2 aromatic rings. The molecule has 0 amide bonds. The molecule has 1 atom stereocenters. The Bertz CT molecular complexity index is 856. The molecule has 0 saturated heterocycles. The molecular weight excluding hydrogens is 493 g/mol. The molecule has 8 heteroatoms. The van der Waals surface area contributed by atoms with E-state index in [-0.39, 0.29) is 12.5 Å². The first-order valence-electron chi connectivity index (χ1n) is 9.70. The molecule has 0 heterocycles. The van der Waals surface area contributed by atoms with Crippen LogP contribution in [-0.2, 0) is 17.9 Å². The van der Waals surface area contributed by atoms with Crippen molar-refractivity contribution < 1.29 is 19.4 Å². The Morgan fingerprint density at radius 3 is 2.43 bits per heavy atom. The summed E-state index contributed by atoms with van der Waals surface area (Å²) in [6.45, 7) is 6.91. The fraction of sp³-hybridized carbons (Fsp3) is 0.409. The Labute approximate surface area is 195 Å². The first kappa shape index (κ1) is 24.8. The second-order valence-electron chi connectivity index (χ2n) is 7.23. The van der Waals surface area contributed by atoms with E-state index in [2.05, 4.69) is 21.2 Å². The third-order valence-electron chi connectivity index (χ3n) is 4.35. The first-order chi connectivity index (χ1) is 14.2. The van der Waals surface area contributed by atoms with E-state index >= 15 is 0 Å². The van der Waals surface area contributed by atoms with Crippen molar-refractivity contribution in [1.29, 1.82) is 0 Å². The molecule has 0 aliphatic rings. The lowest BCUT2D eigenvalue weighted by Crippen LogP contribution is -2.37. The third-order valence-corrected chi connectivity index (χ3v) is 5.65. The number of ether oxygens (including phenoxy) is 2. The third kappa shape index (κ3) is 7.05. The van der Waals surface area contributed by atoms with E-state index in [0.717, 1.165) is 5.56 Å². The summed E-state index contributed by atoms with van der Waals surface area (Å²) >= 11 is 16.0. The summed E-state index contributed by atoms with van der Waals surface area (Å²) in [7, 11) is 0. The predicted octanol–water partition coefficient (Wildman–Crippen LogP) is 6.32. The van der Waals surface area contributed by atoms with Crippen LogP contribution < -0.4 is 14.8 Å². The average Bonchev–Trinajstić information content (AvgIpc) is 2.66. The van der Waals surface area contributed by atoms with Gasteiger partial charge in [0, 0.05) is 22.2 Å². The van der Waals surface area contributed by atoms with E-state index in [1.165, 1.54) is 0 Å². The Morgan fingerprint density at radius 1 is 1.20 bits per heavy atom. The SMILES string of the molecule is CCOc1cc(CNC(CC(C)C)C(=O)O)cc(Br)c1OCc1c(Cl)cccc1Cl. The summed E-state index contributed by atoms with van der Waals surface area (Å²) in [5.41, 5.74) is 1.57. The molecule has 2 aromatic carbocycles. The molecule has 5 nitrogen and oxygen atoms in total. The van der Waals surface area contributed by atoms with Crippen LogP contribution in [0.2, 0.25) is 10.0 Å². The van der Waals surface area contributed by atoms with E-state index in [1.807, 2.05) is 32.9 Å². The van der Waals surface area contributed by atoms with Gasteiger partial charge in [-0.25, -0.2) is 0 Å². The molecule has 0 fully saturated rings. The number of halogens is 3. The molecule has 0 bridgehead atoms. The second kappa shape index (κ2) is 11.8. The zero-order valence-corrected chi connectivity index (χ0v) is 20.3. The molecule has 2 rings (SSSR count). The van der Waals surface area contributed by atoms with Crippen LogP contribution in [-0.4, -0.2) is 23.7 Å². The number of nitrogens with one attached hydrogen (secondary N) is 1. The minimum absolute atomic E-state index is 0.185. The summed E-state index contributed by atoms with van der Waals surface area (Å²) in [6.07, 6.45) is 0.550. The van der Waals surface area contributed by atoms with E-state index < -0.39 is 12.0 Å². The number of hydrogen-bond acceptors (Lipinski definition) is 4. The van der Waals surface area contributed by atoms with Crippen molar-refractivity contribution in [3.63, 3.8) is 0 Å². The molecule has 2 N–H and O–H groups in total. The van der Waals surface area contributed by atoms with Gasteiger partial charge in [-0.3, -0.25) is 4.79 Å². The molecule has 0 saturated carbocycles. The van der Waals surface area contributed by atoms with Crippen molar-refractivity contribution in [3.05, 3.63) is 56.0 Å². The van der Waals surface area contributed by atoms with Gasteiger partial charge in [0.15, 0.2) is 11.5 Å². The summed E-state index contributed by atoms with van der Waals surface area (Å²) in [4.78, 5) is 11.5. The molecule has 30 heavy (non-hydrogen) atoms. The van der Waals surface area contributed by atoms with Crippen molar-refractivity contribution in [2.45, 2.75) is 46.4 Å². The van der Waals surface area contributed by atoms with Crippen LogP contribution in [0.25, 0.3) is 0 Å². The van der Waals surface area contributed by atoms with E-state index in [4.69, 9.17) is 32.7 Å². The van der Waals surface area contributed by atoms with Crippen LogP contribution >= 0.6 is 39.1 Å². The molecule has 164 valence electrons. The van der Waals surface area contributed by atoms with Gasteiger partial charge in [-0.15, -0.1) is 0 Å². The van der Waals surface area contributed by atoms with Gasteiger partial charge in [-0.1, -0.05) is 43.1 Å². The Kier molecular flexibility index (Phi) is 9.75. The maximum atomic E-state index is 11.5. The minimum atomic E-state index is -0.857. The number of hydrogen-bond donors (Lipinski definition) is 2. The quantitative estimate of drug-likeness (QED) is 0.364. The van der Waals surface area contributed by atoms with E-state index in [0.29, 0.717) is 51.2 Å². The standard InChI is InChI=1S/C22H26BrCl2NO4/c1-4-29-20-10-14(11-26-19(22(27)28)8-13(2)3)9-16(23)21(20)30-12-15-17(24)6-5-7-18(15)25/h5-7,9-10,13,19,26H,4,8,11-12H2,1-3H3,(H,27,28). The average molecular weight is 519 g/mol. The normalized spacial score (nSPS) is 12.1. The largest absolute Gasteiger partial charge is 0.490 e. The van der Waals surface area contributed by atoms with Crippen LogP contribution in [0.3, 0.4) is 0 Å². The molecule has 0 radical (unpaired) electrons. The predicted molar refractivity (Wildman–Crippen MR) is 124 cm³/mol. The van der Waals surface area contributed by atoms with Gasteiger partial charge in [0.2, 0.25) is 0 Å². The molecule has 0 aromatic heterocycles. The zero-order valence-electron chi connectivity index (χ0n) is 17.2. The summed E-state index contributed by atoms with van der Waals surface area (Å²) in [5, 5.41) is 13.6. The van der Waals surface area contributed by atoms with Gasteiger partial charge in [-0.2, -0.15) is 0 Å². The fourth-order valence-electron chi connectivity index (χ4n) is 2.92. The van der Waals surface area contributed by atoms with Crippen molar-refractivity contribution in [1.82, 2.24) is 5.32 Å². The summed E-state index contributed by atoms with van der Waals surface area (Å²) < 4.78 is 12.4. The molecule has 0 aliphatic carbocycles. The highest BCUT2D eigenvalue weighted by molar-refractivity contribution is 9.10. The molecule has 0 aliphatic heterocycles. The smallest absolute Gasteiger partial charge is 0.320 e. The maximum Gasteiger partial charge on any atom is 0.320 e. The molecule has 1 unspecified atom stereocenters. The highest BCUT2D eigenvalue weighted by Gasteiger charge is 2.19. The number of aliphatic carboxylic acids is 1. The number of carboxylic acids is 1. The van der Waals surface area contributed by atoms with Crippen molar-refractivity contribution in [2.75, 3.05) is 6.61 Å². The monoisotopic (exact) mass is 517 g/mol. The fourth-order valence-corrected chi connectivity index (χ4v) is 4.04. The topological polar surface area (TPSA) is 67.8 Å². The lowest BCUT2D eigenvalue weighted by Gasteiger charge is -2.19. The van der Waals surface area contributed by atoms with Crippen LogP contribution in [0, 0.1) is 5.92 Å². The number of rotatable bonds is 11. The van der Waals surface area contributed by atoms with Gasteiger partial charge in [0.1, 0.15) is 12.6 Å².